The van der Waals surface area contributed by atoms with Gasteiger partial charge in [0.2, 0.25) is 5.95 Å². The SMILES string of the molecule is N#Cc1cn(-c2ccnc(N)n2)c2cc(Br)ccc12. The summed E-state index contributed by atoms with van der Waals surface area (Å²) in [6.07, 6.45) is 3.34. The van der Waals surface area contributed by atoms with Crippen molar-refractivity contribution in [1.82, 2.24) is 14.5 Å². The lowest BCUT2D eigenvalue weighted by molar-refractivity contribution is 1.02. The Kier molecular flexibility index (Phi) is 2.69. The van der Waals surface area contributed by atoms with Crippen LogP contribution >= 0.6 is 15.9 Å². The number of nitrogens with two attached hydrogens (primary N) is 1. The summed E-state index contributed by atoms with van der Waals surface area (Å²) in [6, 6.07) is 9.68. The van der Waals surface area contributed by atoms with Gasteiger partial charge in [0.05, 0.1) is 11.1 Å². The van der Waals surface area contributed by atoms with Gasteiger partial charge in [0, 0.05) is 22.3 Å². The van der Waals surface area contributed by atoms with E-state index in [-0.39, 0.29) is 5.95 Å². The highest BCUT2D eigenvalue weighted by molar-refractivity contribution is 9.10. The predicted molar refractivity (Wildman–Crippen MR) is 75.7 cm³/mol. The van der Waals surface area contributed by atoms with Crippen molar-refractivity contribution < 1.29 is 0 Å². The standard InChI is InChI=1S/C13H8BrN5/c14-9-1-2-10-8(6-15)7-19(11(10)5-9)12-3-4-17-13(16)18-12/h1-5,7H,(H2,16,17,18). The van der Waals surface area contributed by atoms with Crippen molar-refractivity contribution in [1.29, 1.82) is 5.26 Å². The molecule has 2 heterocycles. The van der Waals surface area contributed by atoms with Crippen molar-refractivity contribution in [2.24, 2.45) is 0 Å². The first-order chi connectivity index (χ1) is 9.19. The molecule has 6 heteroatoms. The van der Waals surface area contributed by atoms with Gasteiger partial charge in [0.15, 0.2) is 0 Å². The minimum absolute atomic E-state index is 0.202. The van der Waals surface area contributed by atoms with Crippen molar-refractivity contribution in [2.45, 2.75) is 0 Å². The largest absolute Gasteiger partial charge is 0.368 e. The van der Waals surface area contributed by atoms with Gasteiger partial charge in [0.1, 0.15) is 11.9 Å². The van der Waals surface area contributed by atoms with E-state index in [1.54, 1.807) is 18.5 Å². The Morgan fingerprint density at radius 3 is 2.89 bits per heavy atom. The molecular formula is C13H8BrN5. The number of benzene rings is 1. The number of nitrogen functional groups attached to an aromatic ring is 1. The quantitative estimate of drug-likeness (QED) is 0.749. The summed E-state index contributed by atoms with van der Waals surface area (Å²) in [4.78, 5) is 8.04. The van der Waals surface area contributed by atoms with Gasteiger partial charge in [-0.3, -0.25) is 4.57 Å². The molecule has 2 N–H and O–H groups in total. The van der Waals surface area contributed by atoms with Gasteiger partial charge in [-0.2, -0.15) is 10.2 Å². The van der Waals surface area contributed by atoms with Crippen molar-refractivity contribution in [3.63, 3.8) is 0 Å². The van der Waals surface area contributed by atoms with Gasteiger partial charge in [0.25, 0.3) is 0 Å². The number of aromatic nitrogens is 3. The molecule has 2 aromatic heterocycles. The molecule has 0 bridgehead atoms. The van der Waals surface area contributed by atoms with Crippen LogP contribution in [0.5, 0.6) is 0 Å². The Morgan fingerprint density at radius 2 is 2.16 bits per heavy atom. The molecule has 0 saturated heterocycles. The first-order valence-corrected chi connectivity index (χ1v) is 6.28. The van der Waals surface area contributed by atoms with Crippen LogP contribution in [0, 0.1) is 11.3 Å². The average molecular weight is 314 g/mol. The summed E-state index contributed by atoms with van der Waals surface area (Å²) < 4.78 is 2.77. The molecule has 0 atom stereocenters. The fourth-order valence-electron chi connectivity index (χ4n) is 1.98. The predicted octanol–water partition coefficient (Wildman–Crippen LogP) is 2.64. The second kappa shape index (κ2) is 4.37. The van der Waals surface area contributed by atoms with Crippen molar-refractivity contribution in [3.05, 3.63) is 46.7 Å². The first-order valence-electron chi connectivity index (χ1n) is 5.48. The van der Waals surface area contributed by atoms with Crippen LogP contribution in [-0.2, 0) is 0 Å². The van der Waals surface area contributed by atoms with E-state index >= 15 is 0 Å². The van der Waals surface area contributed by atoms with E-state index in [1.807, 2.05) is 22.8 Å². The van der Waals surface area contributed by atoms with E-state index in [0.717, 1.165) is 15.4 Å². The molecule has 0 unspecified atom stereocenters. The lowest BCUT2D eigenvalue weighted by Crippen LogP contribution is -2.00. The molecule has 5 nitrogen and oxygen atoms in total. The third-order valence-corrected chi connectivity index (χ3v) is 3.29. The van der Waals surface area contributed by atoms with E-state index in [4.69, 9.17) is 5.73 Å². The van der Waals surface area contributed by atoms with Crippen molar-refractivity contribution >= 4 is 32.8 Å². The third kappa shape index (κ3) is 1.94. The fraction of sp³-hybridized carbons (Fsp3) is 0. The Morgan fingerprint density at radius 1 is 1.32 bits per heavy atom. The summed E-state index contributed by atoms with van der Waals surface area (Å²) in [6.45, 7) is 0. The van der Waals surface area contributed by atoms with E-state index in [2.05, 4.69) is 32.0 Å². The summed E-state index contributed by atoms with van der Waals surface area (Å²) in [5.74, 6) is 0.838. The maximum absolute atomic E-state index is 9.19. The highest BCUT2D eigenvalue weighted by Crippen LogP contribution is 2.26. The molecule has 92 valence electrons. The topological polar surface area (TPSA) is 80.5 Å². The first kappa shape index (κ1) is 11.7. The summed E-state index contributed by atoms with van der Waals surface area (Å²) in [5.41, 5.74) is 7.09. The molecule has 0 spiro atoms. The Bertz CT molecular complexity index is 816. The maximum Gasteiger partial charge on any atom is 0.221 e. The molecule has 0 radical (unpaired) electrons. The fourth-order valence-corrected chi connectivity index (χ4v) is 2.33. The van der Waals surface area contributed by atoms with Crippen molar-refractivity contribution in [2.75, 3.05) is 5.73 Å². The number of rotatable bonds is 1. The van der Waals surface area contributed by atoms with Crippen LogP contribution in [0.1, 0.15) is 5.56 Å². The van der Waals surface area contributed by atoms with Crippen LogP contribution in [0.15, 0.2) is 41.1 Å². The highest BCUT2D eigenvalue weighted by Gasteiger charge is 2.11. The van der Waals surface area contributed by atoms with Gasteiger partial charge in [-0.25, -0.2) is 4.98 Å². The van der Waals surface area contributed by atoms with E-state index in [9.17, 15) is 5.26 Å². The number of hydrogen-bond donors (Lipinski definition) is 1. The molecule has 0 saturated carbocycles. The molecule has 0 aliphatic rings. The molecular weight excluding hydrogens is 306 g/mol. The summed E-state index contributed by atoms with van der Waals surface area (Å²) >= 11 is 3.43. The van der Waals surface area contributed by atoms with Gasteiger partial charge < -0.3 is 5.73 Å². The zero-order valence-electron chi connectivity index (χ0n) is 9.71. The van der Waals surface area contributed by atoms with E-state index in [0.29, 0.717) is 11.4 Å². The lowest BCUT2D eigenvalue weighted by Gasteiger charge is -2.04. The van der Waals surface area contributed by atoms with Crippen molar-refractivity contribution in [3.8, 4) is 11.9 Å². The molecule has 0 amide bonds. The molecule has 0 fully saturated rings. The number of nitriles is 1. The zero-order valence-corrected chi connectivity index (χ0v) is 11.3. The molecule has 0 aliphatic heterocycles. The number of fused-ring (bicyclic) bond motifs is 1. The third-order valence-electron chi connectivity index (χ3n) is 2.79. The average Bonchev–Trinajstić information content (AvgIpc) is 2.76. The molecule has 19 heavy (non-hydrogen) atoms. The van der Waals surface area contributed by atoms with Gasteiger partial charge in [-0.05, 0) is 18.2 Å². The smallest absolute Gasteiger partial charge is 0.221 e. The molecule has 3 aromatic rings. The minimum atomic E-state index is 0.202. The van der Waals surface area contributed by atoms with Crippen LogP contribution < -0.4 is 5.73 Å². The second-order valence-electron chi connectivity index (χ2n) is 3.96. The maximum atomic E-state index is 9.19. The number of halogens is 1. The number of nitrogens with zero attached hydrogens (tertiary/aromatic N) is 4. The molecule has 0 aliphatic carbocycles. The second-order valence-corrected chi connectivity index (χ2v) is 4.87. The van der Waals surface area contributed by atoms with Crippen LogP contribution in [0.2, 0.25) is 0 Å². The Hall–Kier alpha value is -2.39. The van der Waals surface area contributed by atoms with Gasteiger partial charge in [-0.15, -0.1) is 0 Å². The van der Waals surface area contributed by atoms with E-state index in [1.165, 1.54) is 0 Å². The summed E-state index contributed by atoms with van der Waals surface area (Å²) in [7, 11) is 0. The zero-order chi connectivity index (χ0) is 13.4. The molecule has 1 aromatic carbocycles. The molecule has 3 rings (SSSR count). The van der Waals surface area contributed by atoms with Crippen LogP contribution in [-0.4, -0.2) is 14.5 Å². The monoisotopic (exact) mass is 313 g/mol. The normalized spacial score (nSPS) is 10.5. The number of hydrogen-bond acceptors (Lipinski definition) is 4. The van der Waals surface area contributed by atoms with Crippen LogP contribution in [0.4, 0.5) is 5.95 Å². The summed E-state index contributed by atoms with van der Waals surface area (Å²) in [5, 5.41) is 10.1. The van der Waals surface area contributed by atoms with E-state index < -0.39 is 0 Å². The Balaban J connectivity index is 2.35. The minimum Gasteiger partial charge on any atom is -0.368 e. The lowest BCUT2D eigenvalue weighted by atomic mass is 10.2. The Labute approximate surface area is 117 Å². The number of anilines is 1. The van der Waals surface area contributed by atoms with Crippen LogP contribution in [0.25, 0.3) is 16.7 Å². The van der Waals surface area contributed by atoms with Crippen LogP contribution in [0.3, 0.4) is 0 Å². The highest BCUT2D eigenvalue weighted by atomic mass is 79.9. The van der Waals surface area contributed by atoms with Gasteiger partial charge in [-0.1, -0.05) is 22.0 Å². The van der Waals surface area contributed by atoms with Gasteiger partial charge >= 0.3 is 0 Å².